The number of aromatic nitrogens is 3. The van der Waals surface area contributed by atoms with Gasteiger partial charge in [0.25, 0.3) is 0 Å². The Morgan fingerprint density at radius 1 is 1.30 bits per heavy atom. The van der Waals surface area contributed by atoms with E-state index in [0.29, 0.717) is 24.8 Å². The number of carbonyl (C=O) groups excluding carboxylic acids is 3. The van der Waals surface area contributed by atoms with Gasteiger partial charge in [0, 0.05) is 11.4 Å². The summed E-state index contributed by atoms with van der Waals surface area (Å²) in [5, 5.41) is 19.1. The van der Waals surface area contributed by atoms with Crippen LogP contribution in [0.3, 0.4) is 0 Å². The summed E-state index contributed by atoms with van der Waals surface area (Å²) in [4.78, 5) is 45.7. The molecule has 238 valence electrons. The fourth-order valence-corrected chi connectivity index (χ4v) is 8.12. The highest BCUT2D eigenvalue weighted by atomic mass is 79.9. The number of aliphatic hydroxyl groups is 1. The van der Waals surface area contributed by atoms with Gasteiger partial charge in [0.2, 0.25) is 11.8 Å². The summed E-state index contributed by atoms with van der Waals surface area (Å²) in [5.74, 6) is -3.11. The van der Waals surface area contributed by atoms with E-state index < -0.39 is 41.6 Å². The van der Waals surface area contributed by atoms with E-state index in [1.165, 1.54) is 4.90 Å². The number of alkyl halides is 1. The second-order valence-corrected chi connectivity index (χ2v) is 13.2. The Labute approximate surface area is 266 Å². The second kappa shape index (κ2) is 13.5. The van der Waals surface area contributed by atoms with Crippen molar-refractivity contribution < 1.29 is 29.0 Å². The highest BCUT2D eigenvalue weighted by molar-refractivity contribution is 9.09. The monoisotopic (exact) mass is 671 g/mol. The lowest BCUT2D eigenvalue weighted by molar-refractivity contribution is -0.157. The van der Waals surface area contributed by atoms with Crippen LogP contribution in [0.4, 0.5) is 0 Å². The Morgan fingerprint density at radius 3 is 2.77 bits per heavy atom. The molecule has 2 amide bonds. The zero-order chi connectivity index (χ0) is 31.6. The Bertz CT molecular complexity index is 1400. The smallest absolute Gasteiger partial charge is 0.312 e. The van der Waals surface area contributed by atoms with Gasteiger partial charge in [-0.3, -0.25) is 14.4 Å². The zero-order valence-corrected chi connectivity index (χ0v) is 27.0. The number of para-hydroxylation sites is 1. The number of unbranched alkanes of at least 4 members (excludes halogenated alkanes) is 2. The van der Waals surface area contributed by atoms with Crippen molar-refractivity contribution >= 4 is 44.7 Å². The van der Waals surface area contributed by atoms with Gasteiger partial charge in [-0.15, -0.1) is 18.3 Å². The second-order valence-electron chi connectivity index (χ2n) is 12.1. The predicted octanol–water partition coefficient (Wildman–Crippen LogP) is 3.46. The molecule has 0 saturated carbocycles. The minimum absolute atomic E-state index is 0.0646. The third-order valence-corrected chi connectivity index (χ3v) is 10.4. The van der Waals surface area contributed by atoms with Crippen molar-refractivity contribution in [1.82, 2.24) is 24.8 Å². The molecule has 1 aromatic heterocycles. The molecule has 1 aromatic carbocycles. The molecule has 1 spiro atoms. The van der Waals surface area contributed by atoms with Crippen molar-refractivity contribution in [2.24, 2.45) is 17.8 Å². The maximum absolute atomic E-state index is 14.8. The van der Waals surface area contributed by atoms with Crippen LogP contribution < -0.4 is 0 Å². The molecule has 3 aliphatic heterocycles. The molecule has 11 nitrogen and oxygen atoms in total. The van der Waals surface area contributed by atoms with Crippen molar-refractivity contribution in [3.8, 4) is 0 Å². The minimum Gasteiger partial charge on any atom is -0.465 e. The number of amides is 2. The lowest BCUT2D eigenvalue weighted by Crippen LogP contribution is -2.60. The Kier molecular flexibility index (Phi) is 9.91. The third kappa shape index (κ3) is 5.49. The van der Waals surface area contributed by atoms with E-state index in [1.807, 2.05) is 44.2 Å². The van der Waals surface area contributed by atoms with Gasteiger partial charge >= 0.3 is 5.97 Å². The molecule has 3 unspecified atom stereocenters. The average molecular weight is 673 g/mol. The lowest BCUT2D eigenvalue weighted by Gasteiger charge is -2.40. The number of nitrogens with zero attached hydrogens (tertiary/aromatic N) is 5. The molecule has 5 rings (SSSR count). The van der Waals surface area contributed by atoms with E-state index in [-0.39, 0.29) is 49.0 Å². The number of esters is 1. The van der Waals surface area contributed by atoms with Gasteiger partial charge in [0.05, 0.1) is 42.7 Å². The van der Waals surface area contributed by atoms with Gasteiger partial charge in [-0.05, 0) is 43.7 Å². The van der Waals surface area contributed by atoms with Gasteiger partial charge in [0.15, 0.2) is 0 Å². The van der Waals surface area contributed by atoms with Crippen LogP contribution >= 0.6 is 15.9 Å². The van der Waals surface area contributed by atoms with Crippen molar-refractivity contribution in [3.05, 3.63) is 49.6 Å². The summed E-state index contributed by atoms with van der Waals surface area (Å²) in [6.45, 7) is 11.7. The molecule has 2 bridgehead atoms. The quantitative estimate of drug-likeness (QED) is 0.132. The summed E-state index contributed by atoms with van der Waals surface area (Å²) in [6.07, 6.45) is 6.20. The average Bonchev–Trinajstić information content (AvgIpc) is 3.74. The van der Waals surface area contributed by atoms with E-state index >= 15 is 0 Å². The van der Waals surface area contributed by atoms with Crippen molar-refractivity contribution in [2.45, 2.75) is 81.2 Å². The van der Waals surface area contributed by atoms with Crippen LogP contribution in [0.2, 0.25) is 0 Å². The largest absolute Gasteiger partial charge is 0.465 e. The number of ether oxygens (including phenoxy) is 2. The molecule has 1 N–H and O–H groups in total. The SMILES string of the molecule is C=CCCCCOC(=O)[C@H]1[C@@H]2OC3(CC2Br)C(C(=O)N(CC=C)Cn2nnc4ccccc42)N([C@@H](CO)[C@@H](C)CC)C(=O)[C@H]13. The first kappa shape index (κ1) is 32.3. The number of hydrogen-bond donors (Lipinski definition) is 1. The maximum atomic E-state index is 14.8. The molecule has 0 aliphatic carbocycles. The third-order valence-electron chi connectivity index (χ3n) is 9.51. The molecule has 3 saturated heterocycles. The van der Waals surface area contributed by atoms with Gasteiger partial charge < -0.3 is 24.4 Å². The van der Waals surface area contributed by atoms with Gasteiger partial charge in [-0.2, -0.15) is 0 Å². The van der Waals surface area contributed by atoms with Gasteiger partial charge in [0.1, 0.15) is 23.8 Å². The molecule has 4 heterocycles. The highest BCUT2D eigenvalue weighted by Gasteiger charge is 2.77. The fourth-order valence-electron chi connectivity index (χ4n) is 7.18. The summed E-state index contributed by atoms with van der Waals surface area (Å²) in [6, 6.07) is 5.74. The number of fused-ring (bicyclic) bond motifs is 2. The Hall–Kier alpha value is -3.09. The van der Waals surface area contributed by atoms with Crippen molar-refractivity contribution in [1.29, 1.82) is 0 Å². The summed E-state index contributed by atoms with van der Waals surface area (Å²) in [5.41, 5.74) is 0.175. The van der Waals surface area contributed by atoms with Crippen molar-refractivity contribution in [2.75, 3.05) is 19.8 Å². The van der Waals surface area contributed by atoms with Crippen molar-refractivity contribution in [3.63, 3.8) is 0 Å². The highest BCUT2D eigenvalue weighted by Crippen LogP contribution is 2.61. The topological polar surface area (TPSA) is 127 Å². The molecule has 2 aromatic rings. The van der Waals surface area contributed by atoms with Crippen LogP contribution in [-0.4, -0.2) is 96.1 Å². The number of aliphatic hydroxyl groups excluding tert-OH is 1. The molecule has 3 aliphatic rings. The van der Waals surface area contributed by atoms with E-state index in [1.54, 1.807) is 15.7 Å². The molecular formula is C32H42BrN5O6. The van der Waals surface area contributed by atoms with E-state index in [2.05, 4.69) is 39.4 Å². The summed E-state index contributed by atoms with van der Waals surface area (Å²) >= 11 is 3.71. The zero-order valence-electron chi connectivity index (χ0n) is 25.4. The van der Waals surface area contributed by atoms with Crippen LogP contribution in [-0.2, 0) is 30.5 Å². The molecule has 12 heteroatoms. The molecule has 8 atom stereocenters. The molecule has 0 radical (unpaired) electrons. The number of rotatable bonds is 15. The van der Waals surface area contributed by atoms with Gasteiger partial charge in [-0.25, -0.2) is 4.68 Å². The Balaban J connectivity index is 1.52. The maximum Gasteiger partial charge on any atom is 0.312 e. The minimum atomic E-state index is -1.27. The van der Waals surface area contributed by atoms with Crippen LogP contribution in [0.25, 0.3) is 11.0 Å². The van der Waals surface area contributed by atoms with E-state index in [9.17, 15) is 19.5 Å². The number of likely N-dealkylation sites (tertiary alicyclic amines) is 1. The molecule has 44 heavy (non-hydrogen) atoms. The predicted molar refractivity (Wildman–Crippen MR) is 167 cm³/mol. The normalized spacial score (nSPS) is 28.6. The first-order valence-corrected chi connectivity index (χ1v) is 16.4. The number of hydrogen-bond acceptors (Lipinski definition) is 8. The van der Waals surface area contributed by atoms with Crippen LogP contribution in [0, 0.1) is 17.8 Å². The van der Waals surface area contributed by atoms with E-state index in [0.717, 1.165) is 18.4 Å². The van der Waals surface area contributed by atoms with Crippen LogP contribution in [0.5, 0.6) is 0 Å². The number of benzene rings is 1. The van der Waals surface area contributed by atoms with E-state index in [4.69, 9.17) is 9.47 Å². The number of halogens is 1. The lowest BCUT2D eigenvalue weighted by atomic mass is 9.70. The standard InChI is InChI=1S/C32H42BrN5O6/c1-5-8-9-12-16-43-31(42)25-26-29(40)38(24(18-39)20(4)7-3)28(32(26)17-21(33)27(25)44-32)30(41)36(15-6-2)19-37-23-14-11-10-13-22(23)34-35-37/h5-6,10-11,13-14,20-21,24-28,39H,1-2,7-9,12,15-19H2,3-4H3/t20-,21?,24-,25+,26-,27+,28?,32?/m0/s1. The summed E-state index contributed by atoms with van der Waals surface area (Å²) < 4.78 is 14.0. The Morgan fingerprint density at radius 2 is 2.07 bits per heavy atom. The fraction of sp³-hybridized carbons (Fsp3) is 0.594. The first-order valence-electron chi connectivity index (χ1n) is 15.4. The van der Waals surface area contributed by atoms with Crippen LogP contribution in [0.1, 0.15) is 46.0 Å². The molecule has 3 fully saturated rings. The number of allylic oxidation sites excluding steroid dienone is 1. The number of carbonyl (C=O) groups is 3. The first-order chi connectivity index (χ1) is 21.2. The van der Waals surface area contributed by atoms with Gasteiger partial charge in [-0.1, -0.05) is 65.7 Å². The van der Waals surface area contributed by atoms with Crippen LogP contribution in [0.15, 0.2) is 49.6 Å². The molecular weight excluding hydrogens is 630 g/mol. The summed E-state index contributed by atoms with van der Waals surface area (Å²) in [7, 11) is 0.